The number of anilines is 3. The van der Waals surface area contributed by atoms with Crippen LogP contribution in [0.5, 0.6) is 0 Å². The molecule has 1 heterocycles. The molecule has 0 atom stereocenters. The number of para-hydroxylation sites is 3. The van der Waals surface area contributed by atoms with Gasteiger partial charge in [0.1, 0.15) is 0 Å². The third-order valence-electron chi connectivity index (χ3n) is 14.4. The highest BCUT2D eigenvalue weighted by molar-refractivity contribution is 6.10. The molecule has 0 amide bonds. The summed E-state index contributed by atoms with van der Waals surface area (Å²) in [6, 6.07) is 110. The second-order valence-electron chi connectivity index (χ2n) is 18.8. The van der Waals surface area contributed by atoms with Gasteiger partial charge in [0.25, 0.3) is 0 Å². The smallest absolute Gasteiger partial charge is 0.0541 e. The van der Waals surface area contributed by atoms with Gasteiger partial charge in [0.15, 0.2) is 0 Å². The van der Waals surface area contributed by atoms with Gasteiger partial charge in [-0.05, 0) is 133 Å². The van der Waals surface area contributed by atoms with E-state index in [1.165, 1.54) is 71.9 Å². The Morgan fingerprint density at radius 1 is 0.230 bits per heavy atom. The molecule has 2 nitrogen and oxygen atoms in total. The van der Waals surface area contributed by atoms with E-state index < -0.39 is 0 Å². The molecule has 0 saturated carbocycles. The number of fused-ring (bicyclic) bond motifs is 3. The highest BCUT2D eigenvalue weighted by atomic mass is 15.1. The molecule has 0 radical (unpaired) electrons. The molecule has 0 bridgehead atoms. The van der Waals surface area contributed by atoms with E-state index >= 15 is 0 Å². The molecule has 0 saturated heterocycles. The molecule has 0 fully saturated rings. The van der Waals surface area contributed by atoms with Crippen LogP contribution in [0.2, 0.25) is 0 Å². The average molecular weight is 943 g/mol. The number of aromatic nitrogens is 1. The summed E-state index contributed by atoms with van der Waals surface area (Å²) in [6.07, 6.45) is 0. The van der Waals surface area contributed by atoms with Crippen LogP contribution in [0.1, 0.15) is 0 Å². The van der Waals surface area contributed by atoms with Crippen molar-refractivity contribution in [3.63, 3.8) is 0 Å². The fourth-order valence-electron chi connectivity index (χ4n) is 10.9. The van der Waals surface area contributed by atoms with E-state index in [2.05, 4.69) is 313 Å². The fraction of sp³-hybridized carbons (Fsp3) is 0. The van der Waals surface area contributed by atoms with Crippen LogP contribution in [0.4, 0.5) is 17.1 Å². The van der Waals surface area contributed by atoms with Gasteiger partial charge in [-0.1, -0.05) is 243 Å². The molecule has 0 aliphatic rings. The maximum Gasteiger partial charge on any atom is 0.0541 e. The second kappa shape index (κ2) is 19.4. The van der Waals surface area contributed by atoms with E-state index in [1.54, 1.807) is 0 Å². The van der Waals surface area contributed by atoms with Gasteiger partial charge in [-0.15, -0.1) is 0 Å². The highest BCUT2D eigenvalue weighted by Gasteiger charge is 2.22. The zero-order valence-electron chi connectivity index (χ0n) is 40.8. The summed E-state index contributed by atoms with van der Waals surface area (Å²) < 4.78 is 2.38. The first-order valence-corrected chi connectivity index (χ1v) is 25.4. The van der Waals surface area contributed by atoms with E-state index in [0.29, 0.717) is 0 Å². The van der Waals surface area contributed by atoms with Crippen molar-refractivity contribution < 1.29 is 0 Å². The molecule has 12 aromatic carbocycles. The number of rotatable bonds is 11. The van der Waals surface area contributed by atoms with Crippen LogP contribution in [0.25, 0.3) is 105 Å². The topological polar surface area (TPSA) is 8.17 Å². The lowest BCUT2D eigenvalue weighted by Gasteiger charge is -2.28. The summed E-state index contributed by atoms with van der Waals surface area (Å²) in [7, 11) is 0. The van der Waals surface area contributed by atoms with Crippen molar-refractivity contribution in [3.8, 4) is 83.6 Å². The van der Waals surface area contributed by atoms with Crippen LogP contribution in [0, 0.1) is 0 Å². The molecule has 2 heteroatoms. The second-order valence-corrected chi connectivity index (χ2v) is 18.8. The van der Waals surface area contributed by atoms with Gasteiger partial charge in [0.05, 0.1) is 16.7 Å². The first-order valence-electron chi connectivity index (χ1n) is 25.4. The summed E-state index contributed by atoms with van der Waals surface area (Å²) in [6.45, 7) is 0. The molecular formula is C72H50N2. The van der Waals surface area contributed by atoms with Crippen LogP contribution < -0.4 is 4.90 Å². The first kappa shape index (κ1) is 44.2. The Hall–Kier alpha value is -9.76. The lowest BCUT2D eigenvalue weighted by Crippen LogP contribution is -2.11. The Labute approximate surface area is 433 Å². The molecule has 0 aliphatic heterocycles. The Morgan fingerprint density at radius 2 is 0.662 bits per heavy atom. The van der Waals surface area contributed by atoms with Crippen molar-refractivity contribution in [2.45, 2.75) is 0 Å². The van der Waals surface area contributed by atoms with Gasteiger partial charge in [-0.3, -0.25) is 0 Å². The third-order valence-corrected chi connectivity index (χ3v) is 14.4. The van der Waals surface area contributed by atoms with Crippen LogP contribution in [-0.4, -0.2) is 4.57 Å². The summed E-state index contributed by atoms with van der Waals surface area (Å²) in [4.78, 5) is 2.43. The lowest BCUT2D eigenvalue weighted by molar-refractivity contribution is 1.18. The van der Waals surface area contributed by atoms with E-state index in [-0.39, 0.29) is 0 Å². The van der Waals surface area contributed by atoms with Gasteiger partial charge in [-0.25, -0.2) is 0 Å². The molecular weight excluding hydrogens is 893 g/mol. The number of nitrogens with zero attached hydrogens (tertiary/aromatic N) is 2. The summed E-state index contributed by atoms with van der Waals surface area (Å²) in [5, 5.41) is 2.46. The van der Waals surface area contributed by atoms with Crippen molar-refractivity contribution in [1.82, 2.24) is 4.57 Å². The Morgan fingerprint density at radius 3 is 1.36 bits per heavy atom. The van der Waals surface area contributed by atoms with Crippen molar-refractivity contribution in [1.29, 1.82) is 0 Å². The summed E-state index contributed by atoms with van der Waals surface area (Å²) >= 11 is 0. The average Bonchev–Trinajstić information content (AvgIpc) is 3.84. The van der Waals surface area contributed by atoms with Gasteiger partial charge in [0, 0.05) is 33.4 Å². The zero-order chi connectivity index (χ0) is 49.2. The predicted octanol–water partition coefficient (Wildman–Crippen LogP) is 19.9. The Balaban J connectivity index is 0.961. The van der Waals surface area contributed by atoms with E-state index in [0.717, 1.165) is 50.6 Å². The Kier molecular flexibility index (Phi) is 11.6. The van der Waals surface area contributed by atoms with Crippen molar-refractivity contribution in [3.05, 3.63) is 303 Å². The molecule has 0 aliphatic carbocycles. The van der Waals surface area contributed by atoms with Gasteiger partial charge >= 0.3 is 0 Å². The fourth-order valence-corrected chi connectivity index (χ4v) is 10.9. The van der Waals surface area contributed by atoms with Crippen LogP contribution in [0.3, 0.4) is 0 Å². The van der Waals surface area contributed by atoms with E-state index in [9.17, 15) is 0 Å². The molecule has 13 aromatic rings. The molecule has 1 aromatic heterocycles. The minimum Gasteiger partial charge on any atom is -0.310 e. The third kappa shape index (κ3) is 8.25. The van der Waals surface area contributed by atoms with E-state index in [4.69, 9.17) is 0 Å². The van der Waals surface area contributed by atoms with E-state index in [1.807, 2.05) is 0 Å². The number of hydrogen-bond acceptors (Lipinski definition) is 1. The summed E-state index contributed by atoms with van der Waals surface area (Å²) in [5.41, 5.74) is 23.3. The van der Waals surface area contributed by atoms with Crippen molar-refractivity contribution in [2.75, 3.05) is 4.90 Å². The maximum atomic E-state index is 2.43. The Bertz CT molecular complexity index is 4080. The monoisotopic (exact) mass is 942 g/mol. The van der Waals surface area contributed by atoms with Crippen molar-refractivity contribution in [2.24, 2.45) is 0 Å². The van der Waals surface area contributed by atoms with Crippen LogP contribution in [0.15, 0.2) is 303 Å². The number of benzene rings is 12. The van der Waals surface area contributed by atoms with Gasteiger partial charge in [0.2, 0.25) is 0 Å². The molecule has 74 heavy (non-hydrogen) atoms. The predicted molar refractivity (Wildman–Crippen MR) is 314 cm³/mol. The largest absolute Gasteiger partial charge is 0.310 e. The summed E-state index contributed by atoms with van der Waals surface area (Å²) in [5.74, 6) is 0. The van der Waals surface area contributed by atoms with Crippen LogP contribution in [-0.2, 0) is 0 Å². The highest BCUT2D eigenvalue weighted by Crippen LogP contribution is 2.47. The van der Waals surface area contributed by atoms with Gasteiger partial charge < -0.3 is 9.47 Å². The minimum atomic E-state index is 1.06. The molecule has 0 unspecified atom stereocenters. The molecule has 0 N–H and O–H groups in total. The maximum absolute atomic E-state index is 2.43. The minimum absolute atomic E-state index is 1.06. The molecule has 348 valence electrons. The quantitative estimate of drug-likeness (QED) is 0.125. The molecule has 0 spiro atoms. The van der Waals surface area contributed by atoms with Crippen molar-refractivity contribution >= 4 is 38.9 Å². The van der Waals surface area contributed by atoms with Crippen LogP contribution >= 0.6 is 0 Å². The first-order chi connectivity index (χ1) is 36.7. The molecule has 13 rings (SSSR count). The standard InChI is InChI=1S/C72H50N2/c1-5-21-51(22-6-1)52-39-41-55(42-40-52)63-32-15-17-37-69(63)73(61-30-19-27-57(49-61)58-45-48-71-68(50-58)66-33-16-18-38-70(66)74(71)59-28-11-4-12-29-59)60-46-43-56(44-47-60)65-36-20-35-64(54-25-9-3-10-26-54)72(65)67-34-14-13-31-62(67)53-23-7-2-8-24-53/h1-50H. The SMILES string of the molecule is c1ccc(-c2ccc(-c3ccccc3N(c3ccc(-c4cccc(-c5ccccc5)c4-c4ccccc4-c4ccccc4)cc3)c3cccc(-c4ccc5c(c4)c4ccccc4n5-c4ccccc4)c3)cc2)cc1. The zero-order valence-corrected chi connectivity index (χ0v) is 40.8. The lowest BCUT2D eigenvalue weighted by atomic mass is 9.84. The van der Waals surface area contributed by atoms with Gasteiger partial charge in [-0.2, -0.15) is 0 Å². The number of hydrogen-bond donors (Lipinski definition) is 0. The normalized spacial score (nSPS) is 11.2.